The second kappa shape index (κ2) is 9.00. The van der Waals surface area contributed by atoms with E-state index in [1.165, 1.54) is 0 Å². The van der Waals surface area contributed by atoms with Gasteiger partial charge in [0.15, 0.2) is 9.84 Å². The summed E-state index contributed by atoms with van der Waals surface area (Å²) in [5, 5.41) is 5.96. The van der Waals surface area contributed by atoms with Crippen molar-refractivity contribution >= 4 is 33.0 Å². The van der Waals surface area contributed by atoms with Crippen LogP contribution in [0.25, 0.3) is 0 Å². The Balaban J connectivity index is 2.46. The van der Waals surface area contributed by atoms with Crippen LogP contribution in [0.2, 0.25) is 0 Å². The Morgan fingerprint density at radius 2 is 2.00 bits per heavy atom. The Kier molecular flexibility index (Phi) is 7.68. The number of amides is 1. The van der Waals surface area contributed by atoms with Crippen LogP contribution in [0, 0.1) is 0 Å². The summed E-state index contributed by atoms with van der Waals surface area (Å²) in [6, 6.07) is 7.50. The first kappa shape index (κ1) is 18.8. The van der Waals surface area contributed by atoms with Gasteiger partial charge in [0.2, 0.25) is 0 Å². The van der Waals surface area contributed by atoms with Gasteiger partial charge in [-0.05, 0) is 38.5 Å². The molecule has 2 N–H and O–H groups in total. The van der Waals surface area contributed by atoms with Crippen LogP contribution in [-0.4, -0.2) is 44.3 Å². The topological polar surface area (TPSA) is 75.3 Å². The molecule has 7 heteroatoms. The first-order chi connectivity index (χ1) is 10.3. The lowest BCUT2D eigenvalue weighted by Gasteiger charge is -2.11. The van der Waals surface area contributed by atoms with E-state index in [2.05, 4.69) is 10.6 Å². The molecule has 0 spiro atoms. The number of rotatable bonds is 9. The highest BCUT2D eigenvalue weighted by Gasteiger charge is 2.10. The Morgan fingerprint density at radius 1 is 1.27 bits per heavy atom. The summed E-state index contributed by atoms with van der Waals surface area (Å²) >= 11 is 5.43. The van der Waals surface area contributed by atoms with E-state index in [4.69, 9.17) is 11.6 Å². The fourth-order valence-electron chi connectivity index (χ4n) is 1.90. The highest BCUT2D eigenvalue weighted by molar-refractivity contribution is 7.91. The Labute approximate surface area is 137 Å². The van der Waals surface area contributed by atoms with E-state index >= 15 is 0 Å². The molecule has 0 aromatic heterocycles. The van der Waals surface area contributed by atoms with Crippen molar-refractivity contribution in [2.24, 2.45) is 0 Å². The number of sulfone groups is 1. The van der Waals surface area contributed by atoms with Crippen molar-refractivity contribution in [3.8, 4) is 0 Å². The number of carbonyl (C=O) groups is 1. The van der Waals surface area contributed by atoms with Crippen LogP contribution < -0.4 is 10.6 Å². The van der Waals surface area contributed by atoms with Gasteiger partial charge in [0.1, 0.15) is 0 Å². The fourth-order valence-corrected chi connectivity index (χ4v) is 3.63. The van der Waals surface area contributed by atoms with E-state index in [0.29, 0.717) is 18.5 Å². The van der Waals surface area contributed by atoms with Crippen LogP contribution in [-0.2, 0) is 9.84 Å². The number of benzene rings is 1. The lowest BCUT2D eigenvalue weighted by Crippen LogP contribution is -2.26. The van der Waals surface area contributed by atoms with Crippen LogP contribution in [0.3, 0.4) is 0 Å². The van der Waals surface area contributed by atoms with Gasteiger partial charge in [-0.2, -0.15) is 0 Å². The van der Waals surface area contributed by atoms with Crippen molar-refractivity contribution in [2.45, 2.75) is 26.3 Å². The standard InChI is InChI=1S/C15H23ClN2O3S/c1-12(2)18-14-6-3-5-13(11-14)15(19)17-8-4-9-22(20,21)10-7-16/h3,5-6,11-12,18H,4,7-10H2,1-2H3,(H,17,19). The van der Waals surface area contributed by atoms with Crippen molar-refractivity contribution < 1.29 is 13.2 Å². The van der Waals surface area contributed by atoms with E-state index in [1.807, 2.05) is 26.0 Å². The Bertz CT molecular complexity index is 588. The zero-order chi connectivity index (χ0) is 16.6. The molecule has 0 fully saturated rings. The normalized spacial score (nSPS) is 11.5. The van der Waals surface area contributed by atoms with Crippen molar-refractivity contribution in [1.82, 2.24) is 5.32 Å². The molecule has 5 nitrogen and oxygen atoms in total. The fraction of sp³-hybridized carbons (Fsp3) is 0.533. The third-order valence-corrected chi connectivity index (χ3v) is 5.04. The van der Waals surface area contributed by atoms with E-state index in [0.717, 1.165) is 5.69 Å². The summed E-state index contributed by atoms with van der Waals surface area (Å²) in [5.41, 5.74) is 1.43. The lowest BCUT2D eigenvalue weighted by atomic mass is 10.1. The molecule has 0 aliphatic heterocycles. The van der Waals surface area contributed by atoms with Crippen molar-refractivity contribution in [3.05, 3.63) is 29.8 Å². The summed E-state index contributed by atoms with van der Waals surface area (Å²) in [7, 11) is -3.11. The van der Waals surface area contributed by atoms with E-state index in [-0.39, 0.29) is 29.3 Å². The van der Waals surface area contributed by atoms with E-state index in [9.17, 15) is 13.2 Å². The first-order valence-electron chi connectivity index (χ1n) is 7.25. The molecule has 0 saturated carbocycles. The van der Waals surface area contributed by atoms with Crippen molar-refractivity contribution in [3.63, 3.8) is 0 Å². The highest BCUT2D eigenvalue weighted by atomic mass is 35.5. The molecular formula is C15H23ClN2O3S. The molecule has 0 aliphatic rings. The molecular weight excluding hydrogens is 324 g/mol. The molecule has 0 bridgehead atoms. The van der Waals surface area contributed by atoms with Gasteiger partial charge in [-0.15, -0.1) is 11.6 Å². The van der Waals surface area contributed by atoms with Gasteiger partial charge >= 0.3 is 0 Å². The summed E-state index contributed by atoms with van der Waals surface area (Å²) in [5.74, 6) is -0.0906. The number of alkyl halides is 1. The monoisotopic (exact) mass is 346 g/mol. The van der Waals surface area contributed by atoms with Crippen LogP contribution in [0.15, 0.2) is 24.3 Å². The van der Waals surface area contributed by atoms with Crippen molar-refractivity contribution in [1.29, 1.82) is 0 Å². The van der Waals surface area contributed by atoms with Gasteiger partial charge in [0.25, 0.3) is 5.91 Å². The van der Waals surface area contributed by atoms with Gasteiger partial charge < -0.3 is 10.6 Å². The second-order valence-corrected chi connectivity index (χ2v) is 8.01. The summed E-state index contributed by atoms with van der Waals surface area (Å²) < 4.78 is 23.0. The highest BCUT2D eigenvalue weighted by Crippen LogP contribution is 2.11. The zero-order valence-corrected chi connectivity index (χ0v) is 14.5. The van der Waals surface area contributed by atoms with Gasteiger partial charge in [0.05, 0.1) is 11.5 Å². The molecule has 0 aliphatic carbocycles. The van der Waals surface area contributed by atoms with Crippen LogP contribution in [0.5, 0.6) is 0 Å². The predicted octanol–water partition coefficient (Wildman–Crippen LogP) is 2.28. The third-order valence-electron chi connectivity index (χ3n) is 2.89. The molecule has 0 saturated heterocycles. The summed E-state index contributed by atoms with van der Waals surface area (Å²) in [6.45, 7) is 4.37. The van der Waals surface area contributed by atoms with Gasteiger partial charge in [-0.3, -0.25) is 4.79 Å². The molecule has 0 heterocycles. The summed E-state index contributed by atoms with van der Waals surface area (Å²) in [4.78, 5) is 12.0. The molecule has 22 heavy (non-hydrogen) atoms. The van der Waals surface area contributed by atoms with Gasteiger partial charge in [-0.1, -0.05) is 6.07 Å². The molecule has 1 aromatic carbocycles. The number of nitrogens with one attached hydrogen (secondary N) is 2. The molecule has 1 amide bonds. The smallest absolute Gasteiger partial charge is 0.251 e. The van der Waals surface area contributed by atoms with Crippen molar-refractivity contribution in [2.75, 3.05) is 29.2 Å². The number of anilines is 1. The Morgan fingerprint density at radius 3 is 2.64 bits per heavy atom. The second-order valence-electron chi connectivity index (χ2n) is 5.33. The molecule has 124 valence electrons. The quantitative estimate of drug-likeness (QED) is 0.531. The minimum Gasteiger partial charge on any atom is -0.383 e. The molecule has 0 atom stereocenters. The Hall–Kier alpha value is -1.27. The largest absolute Gasteiger partial charge is 0.383 e. The van der Waals surface area contributed by atoms with Crippen LogP contribution in [0.1, 0.15) is 30.6 Å². The maximum atomic E-state index is 12.0. The number of hydrogen-bond acceptors (Lipinski definition) is 4. The molecule has 1 rings (SSSR count). The first-order valence-corrected chi connectivity index (χ1v) is 9.61. The third kappa shape index (κ3) is 7.13. The summed E-state index contributed by atoms with van der Waals surface area (Å²) in [6.07, 6.45) is 0.384. The number of halogens is 1. The molecule has 1 aromatic rings. The van der Waals surface area contributed by atoms with E-state index in [1.54, 1.807) is 12.1 Å². The van der Waals surface area contributed by atoms with Crippen LogP contribution >= 0.6 is 11.6 Å². The predicted molar refractivity (Wildman–Crippen MR) is 91.5 cm³/mol. The number of hydrogen-bond donors (Lipinski definition) is 2. The molecule has 0 radical (unpaired) electrons. The van der Waals surface area contributed by atoms with Gasteiger partial charge in [-0.25, -0.2) is 8.42 Å². The van der Waals surface area contributed by atoms with Crippen LogP contribution in [0.4, 0.5) is 5.69 Å². The average Bonchev–Trinajstić information content (AvgIpc) is 2.43. The maximum Gasteiger partial charge on any atom is 0.251 e. The maximum absolute atomic E-state index is 12.0. The number of carbonyl (C=O) groups excluding carboxylic acids is 1. The van der Waals surface area contributed by atoms with E-state index < -0.39 is 9.84 Å². The van der Waals surface area contributed by atoms with Gasteiger partial charge in [0, 0.05) is 29.7 Å². The minimum atomic E-state index is -3.11. The minimum absolute atomic E-state index is 0.0224. The lowest BCUT2D eigenvalue weighted by molar-refractivity contribution is 0.0953. The molecule has 0 unspecified atom stereocenters. The SMILES string of the molecule is CC(C)Nc1cccc(C(=O)NCCCS(=O)(=O)CCCl)c1. The average molecular weight is 347 g/mol. The zero-order valence-electron chi connectivity index (χ0n) is 12.9.